The summed E-state index contributed by atoms with van der Waals surface area (Å²) in [6.07, 6.45) is 1.86. The maximum atomic E-state index is 5.12. The summed E-state index contributed by atoms with van der Waals surface area (Å²) in [5, 5.41) is 6.84. The fraction of sp³-hybridized carbons (Fsp3) is 0.304. The monoisotopic (exact) mass is 376 g/mol. The van der Waals surface area contributed by atoms with Crippen molar-refractivity contribution in [2.75, 3.05) is 30.9 Å². The Labute approximate surface area is 167 Å². The molecule has 0 atom stereocenters. The Kier molecular flexibility index (Phi) is 6.98. The molecule has 0 spiro atoms. The van der Waals surface area contributed by atoms with E-state index in [1.165, 1.54) is 11.1 Å². The molecule has 0 radical (unpaired) electrons. The lowest BCUT2D eigenvalue weighted by Crippen LogP contribution is -2.09. The molecule has 2 N–H and O–H groups in total. The number of nitrogens with one attached hydrogen (secondary N) is 2. The third kappa shape index (κ3) is 5.08. The van der Waals surface area contributed by atoms with Crippen molar-refractivity contribution in [3.05, 3.63) is 65.7 Å². The van der Waals surface area contributed by atoms with Crippen molar-refractivity contribution in [1.82, 2.24) is 9.97 Å². The van der Waals surface area contributed by atoms with E-state index >= 15 is 0 Å². The smallest absolute Gasteiger partial charge is 0.225 e. The number of ether oxygens (including phenoxy) is 1. The van der Waals surface area contributed by atoms with Crippen molar-refractivity contribution in [2.24, 2.45) is 0 Å². The zero-order chi connectivity index (χ0) is 19.8. The molecule has 3 rings (SSSR count). The molecular formula is C23H28N4O. The van der Waals surface area contributed by atoms with E-state index < -0.39 is 0 Å². The van der Waals surface area contributed by atoms with Crippen LogP contribution in [0.2, 0.25) is 0 Å². The molecule has 0 aliphatic rings. The summed E-state index contributed by atoms with van der Waals surface area (Å²) in [7, 11) is 1.71. The number of anilines is 3. The van der Waals surface area contributed by atoms with E-state index in [-0.39, 0.29) is 0 Å². The minimum atomic E-state index is 0.617. The van der Waals surface area contributed by atoms with Gasteiger partial charge in [-0.05, 0) is 30.9 Å². The summed E-state index contributed by atoms with van der Waals surface area (Å²) in [5.74, 6) is 1.40. The number of para-hydroxylation sites is 1. The van der Waals surface area contributed by atoms with Gasteiger partial charge >= 0.3 is 0 Å². The molecule has 0 aliphatic heterocycles. The van der Waals surface area contributed by atoms with Gasteiger partial charge in [0.1, 0.15) is 5.82 Å². The molecule has 28 heavy (non-hydrogen) atoms. The molecule has 2 aromatic carbocycles. The van der Waals surface area contributed by atoms with Gasteiger partial charge in [0.25, 0.3) is 0 Å². The van der Waals surface area contributed by atoms with E-state index in [0.29, 0.717) is 12.6 Å². The summed E-state index contributed by atoms with van der Waals surface area (Å²) in [6.45, 7) is 5.75. The first kappa shape index (κ1) is 19.8. The number of aromatic nitrogens is 2. The number of nitrogens with zero attached hydrogens (tertiary/aromatic N) is 2. The Morgan fingerprint density at radius 1 is 1.00 bits per heavy atom. The molecular weight excluding hydrogens is 348 g/mol. The highest BCUT2D eigenvalue weighted by Gasteiger charge is 2.10. The first-order valence-corrected chi connectivity index (χ1v) is 9.74. The Morgan fingerprint density at radius 2 is 1.82 bits per heavy atom. The summed E-state index contributed by atoms with van der Waals surface area (Å²) in [5.41, 5.74) is 5.55. The van der Waals surface area contributed by atoms with Gasteiger partial charge in [0.05, 0.1) is 5.69 Å². The maximum Gasteiger partial charge on any atom is 0.225 e. The molecule has 1 heterocycles. The topological polar surface area (TPSA) is 59.1 Å². The second-order valence-electron chi connectivity index (χ2n) is 6.69. The largest absolute Gasteiger partial charge is 0.385 e. The van der Waals surface area contributed by atoms with Crippen LogP contribution in [-0.2, 0) is 11.2 Å². The summed E-state index contributed by atoms with van der Waals surface area (Å²) < 4.78 is 5.12. The van der Waals surface area contributed by atoms with E-state index in [0.717, 1.165) is 42.1 Å². The fourth-order valence-corrected chi connectivity index (χ4v) is 3.09. The molecule has 5 heteroatoms. The van der Waals surface area contributed by atoms with Crippen LogP contribution in [0.5, 0.6) is 0 Å². The quantitative estimate of drug-likeness (QED) is 0.502. The Hall–Kier alpha value is -2.92. The average molecular weight is 377 g/mol. The highest BCUT2D eigenvalue weighted by Crippen LogP contribution is 2.27. The van der Waals surface area contributed by atoms with Gasteiger partial charge in [0.15, 0.2) is 0 Å². The highest BCUT2D eigenvalue weighted by molar-refractivity contribution is 5.70. The fourth-order valence-electron chi connectivity index (χ4n) is 3.09. The molecule has 3 aromatic rings. The normalized spacial score (nSPS) is 10.7. The van der Waals surface area contributed by atoms with Crippen molar-refractivity contribution in [3.8, 4) is 11.3 Å². The summed E-state index contributed by atoms with van der Waals surface area (Å²) >= 11 is 0. The van der Waals surface area contributed by atoms with Gasteiger partial charge in [-0.1, -0.05) is 55.5 Å². The van der Waals surface area contributed by atoms with E-state index in [9.17, 15) is 0 Å². The molecule has 146 valence electrons. The van der Waals surface area contributed by atoms with Crippen molar-refractivity contribution in [2.45, 2.75) is 26.7 Å². The van der Waals surface area contributed by atoms with E-state index in [4.69, 9.17) is 14.7 Å². The van der Waals surface area contributed by atoms with Crippen LogP contribution in [0.25, 0.3) is 11.3 Å². The second-order valence-corrected chi connectivity index (χ2v) is 6.69. The van der Waals surface area contributed by atoms with Crippen LogP contribution in [0.4, 0.5) is 17.5 Å². The van der Waals surface area contributed by atoms with E-state index in [1.54, 1.807) is 7.11 Å². The lowest BCUT2D eigenvalue weighted by atomic mass is 10.1. The van der Waals surface area contributed by atoms with Crippen LogP contribution in [0.3, 0.4) is 0 Å². The SMILES string of the molecule is CCc1cccc(C)c1Nc1cc(-c2ccccc2)nc(NCCCOC)n1. The second kappa shape index (κ2) is 9.85. The molecule has 0 bridgehead atoms. The average Bonchev–Trinajstić information content (AvgIpc) is 2.73. The maximum absolute atomic E-state index is 5.12. The van der Waals surface area contributed by atoms with E-state index in [2.05, 4.69) is 54.8 Å². The van der Waals surface area contributed by atoms with Crippen molar-refractivity contribution in [3.63, 3.8) is 0 Å². The number of hydrogen-bond acceptors (Lipinski definition) is 5. The van der Waals surface area contributed by atoms with Crippen molar-refractivity contribution in [1.29, 1.82) is 0 Å². The zero-order valence-corrected chi connectivity index (χ0v) is 16.8. The van der Waals surface area contributed by atoms with Crippen molar-refractivity contribution < 1.29 is 4.74 Å². The minimum absolute atomic E-state index is 0.617. The number of benzene rings is 2. The van der Waals surface area contributed by atoms with Gasteiger partial charge < -0.3 is 15.4 Å². The molecule has 1 aromatic heterocycles. The first-order valence-electron chi connectivity index (χ1n) is 9.74. The predicted octanol–water partition coefficient (Wildman–Crippen LogP) is 5.21. The Bertz CT molecular complexity index is 896. The molecule has 0 aliphatic carbocycles. The highest BCUT2D eigenvalue weighted by atomic mass is 16.5. The first-order chi connectivity index (χ1) is 13.7. The number of methoxy groups -OCH3 is 1. The van der Waals surface area contributed by atoms with Gasteiger partial charge in [-0.3, -0.25) is 0 Å². The Morgan fingerprint density at radius 3 is 2.57 bits per heavy atom. The third-order valence-electron chi connectivity index (χ3n) is 4.60. The number of rotatable bonds is 9. The van der Waals surface area contributed by atoms with Crippen molar-refractivity contribution >= 4 is 17.5 Å². The molecule has 5 nitrogen and oxygen atoms in total. The van der Waals surface area contributed by atoms with Gasteiger partial charge in [0.2, 0.25) is 5.95 Å². The standard InChI is InChI=1S/C23H28N4O/c1-4-18-13-8-10-17(2)22(18)26-21-16-20(19-11-6-5-7-12-19)25-23(27-21)24-14-9-15-28-3/h5-8,10-13,16H,4,9,14-15H2,1-3H3,(H2,24,25,26,27). The van der Waals surface area contributed by atoms with Gasteiger partial charge in [-0.25, -0.2) is 4.98 Å². The van der Waals surface area contributed by atoms with Gasteiger partial charge in [-0.2, -0.15) is 4.98 Å². The third-order valence-corrected chi connectivity index (χ3v) is 4.60. The van der Waals surface area contributed by atoms with Gasteiger partial charge in [0, 0.05) is 37.6 Å². The number of hydrogen-bond donors (Lipinski definition) is 2. The van der Waals surface area contributed by atoms with Crippen LogP contribution in [0.15, 0.2) is 54.6 Å². The summed E-state index contributed by atoms with van der Waals surface area (Å²) in [4.78, 5) is 9.40. The number of aryl methyl sites for hydroxylation is 2. The molecule has 0 amide bonds. The van der Waals surface area contributed by atoms with Crippen LogP contribution in [-0.4, -0.2) is 30.2 Å². The van der Waals surface area contributed by atoms with E-state index in [1.807, 2.05) is 24.3 Å². The lowest BCUT2D eigenvalue weighted by molar-refractivity contribution is 0.197. The molecule has 0 unspecified atom stereocenters. The van der Waals surface area contributed by atoms with Crippen LogP contribution < -0.4 is 10.6 Å². The minimum Gasteiger partial charge on any atom is -0.385 e. The van der Waals surface area contributed by atoms with Crippen LogP contribution >= 0.6 is 0 Å². The lowest BCUT2D eigenvalue weighted by Gasteiger charge is -2.15. The van der Waals surface area contributed by atoms with Crippen LogP contribution in [0, 0.1) is 6.92 Å². The molecule has 0 fully saturated rings. The summed E-state index contributed by atoms with van der Waals surface area (Å²) in [6, 6.07) is 18.5. The molecule has 0 saturated heterocycles. The zero-order valence-electron chi connectivity index (χ0n) is 16.8. The van der Waals surface area contributed by atoms with Crippen LogP contribution in [0.1, 0.15) is 24.5 Å². The predicted molar refractivity (Wildman–Crippen MR) is 116 cm³/mol. The Balaban J connectivity index is 1.93. The molecule has 0 saturated carbocycles. The van der Waals surface area contributed by atoms with Gasteiger partial charge in [-0.15, -0.1) is 0 Å².